The summed E-state index contributed by atoms with van der Waals surface area (Å²) in [6.45, 7) is 1.19. The molecule has 4 heterocycles. The number of pyridine rings is 4. The van der Waals surface area contributed by atoms with E-state index in [0.717, 1.165) is 33.9 Å². The van der Waals surface area contributed by atoms with Gasteiger partial charge in [-0.1, -0.05) is 24.3 Å². The minimum atomic E-state index is -0.165. The van der Waals surface area contributed by atoms with E-state index < -0.39 is 0 Å². The van der Waals surface area contributed by atoms with Crippen LogP contribution in [-0.2, 0) is 24.8 Å². The van der Waals surface area contributed by atoms with Crippen LogP contribution in [0.2, 0.25) is 0 Å². The first-order valence-electron chi connectivity index (χ1n) is 10.3. The third-order valence-corrected chi connectivity index (χ3v) is 5.73. The van der Waals surface area contributed by atoms with Gasteiger partial charge in [-0.3, -0.25) is 24.8 Å². The molecule has 4 rings (SSSR count). The molecule has 0 spiro atoms. The van der Waals surface area contributed by atoms with Gasteiger partial charge in [0.2, 0.25) is 0 Å². The fourth-order valence-electron chi connectivity index (χ4n) is 3.51. The largest absolute Gasteiger partial charge is 0.278 e. The summed E-state index contributed by atoms with van der Waals surface area (Å²) in [5, 5.41) is 0. The van der Waals surface area contributed by atoms with Crippen LogP contribution in [0.5, 0.6) is 0 Å². The third kappa shape index (κ3) is 5.68. The second-order valence-corrected chi connectivity index (χ2v) is 7.93. The van der Waals surface area contributed by atoms with Crippen LogP contribution >= 0.6 is 23.2 Å². The molecule has 4 aromatic rings. The van der Waals surface area contributed by atoms with Crippen molar-refractivity contribution in [3.63, 3.8) is 0 Å². The number of halogens is 2. The summed E-state index contributed by atoms with van der Waals surface area (Å²) in [4.78, 5) is 20.8. The summed E-state index contributed by atoms with van der Waals surface area (Å²) in [7, 11) is 0. The molecule has 0 atom stereocenters. The van der Waals surface area contributed by atoms with E-state index in [-0.39, 0.29) is 6.04 Å². The smallest absolute Gasteiger partial charge is 0.0956 e. The van der Waals surface area contributed by atoms with Crippen molar-refractivity contribution in [1.82, 2.24) is 24.8 Å². The van der Waals surface area contributed by atoms with Crippen LogP contribution in [0.4, 0.5) is 0 Å². The molecule has 32 heavy (non-hydrogen) atoms. The molecule has 0 bridgehead atoms. The normalized spacial score (nSPS) is 11.2. The average molecular weight is 464 g/mol. The molecule has 0 N–H and O–H groups in total. The van der Waals surface area contributed by atoms with Crippen LogP contribution in [-0.4, -0.2) is 24.8 Å². The molecule has 0 amide bonds. The summed E-state index contributed by atoms with van der Waals surface area (Å²) in [5.41, 5.74) is 5.70. The Morgan fingerprint density at radius 3 is 1.47 bits per heavy atom. The van der Waals surface area contributed by atoms with E-state index in [1.165, 1.54) is 0 Å². The maximum Gasteiger partial charge on any atom is 0.0956 e. The zero-order chi connectivity index (χ0) is 22.2. The lowest BCUT2D eigenvalue weighted by molar-refractivity contribution is 0.195. The molecule has 0 saturated carbocycles. The van der Waals surface area contributed by atoms with E-state index >= 15 is 0 Å². The van der Waals surface area contributed by atoms with Crippen molar-refractivity contribution in [2.75, 3.05) is 0 Å². The Kier molecular flexibility index (Phi) is 7.77. The van der Waals surface area contributed by atoms with Crippen molar-refractivity contribution in [2.24, 2.45) is 0 Å². The lowest BCUT2D eigenvalue weighted by Gasteiger charge is -2.30. The molecule has 0 saturated heterocycles. The fraction of sp³-hybridized carbons (Fsp3) is 0.200. The minimum absolute atomic E-state index is 0.165. The van der Waals surface area contributed by atoms with E-state index in [1.807, 2.05) is 85.5 Å². The first-order valence-corrected chi connectivity index (χ1v) is 11.4. The fourth-order valence-corrected chi connectivity index (χ4v) is 3.83. The Morgan fingerprint density at radius 2 is 1.12 bits per heavy atom. The summed E-state index contributed by atoms with van der Waals surface area (Å²) in [6, 6.07) is 19.8. The van der Waals surface area contributed by atoms with Gasteiger partial charge < -0.3 is 0 Å². The molecule has 5 nitrogen and oxygen atoms in total. The monoisotopic (exact) mass is 463 g/mol. The maximum absolute atomic E-state index is 5.94. The van der Waals surface area contributed by atoms with Crippen molar-refractivity contribution in [2.45, 2.75) is 30.9 Å². The van der Waals surface area contributed by atoms with Crippen LogP contribution < -0.4 is 0 Å². The van der Waals surface area contributed by atoms with Gasteiger partial charge in [0.1, 0.15) is 0 Å². The Labute approximate surface area is 198 Å². The van der Waals surface area contributed by atoms with Gasteiger partial charge in [-0.2, -0.15) is 0 Å². The molecule has 0 unspecified atom stereocenters. The van der Waals surface area contributed by atoms with E-state index in [0.29, 0.717) is 24.8 Å². The zero-order valence-electron chi connectivity index (χ0n) is 17.5. The average Bonchev–Trinajstić information content (AvgIpc) is 2.86. The number of nitrogens with zero attached hydrogens (tertiary/aromatic N) is 5. The number of aromatic nitrogens is 4. The molecule has 4 aromatic heterocycles. The Balaban J connectivity index is 1.73. The quantitative estimate of drug-likeness (QED) is 0.305. The number of rotatable bonds is 9. The van der Waals surface area contributed by atoms with Gasteiger partial charge in [0, 0.05) is 49.6 Å². The molecule has 0 radical (unpaired) electrons. The standard InChI is InChI=1S/C25H23Cl2N5/c26-13-19-7-9-21(30-15-19)17-32(18-22-10-8-20(14-27)16-31-22)25(23-5-1-3-11-28-23)24-6-2-4-12-29-24/h1-12,15-16,25H,13-14,17-18H2. The molecule has 0 aliphatic heterocycles. The number of hydrogen-bond acceptors (Lipinski definition) is 5. The highest BCUT2D eigenvalue weighted by Crippen LogP contribution is 2.29. The van der Waals surface area contributed by atoms with Gasteiger partial charge in [0.15, 0.2) is 0 Å². The van der Waals surface area contributed by atoms with Crippen LogP contribution in [0.15, 0.2) is 85.5 Å². The maximum atomic E-state index is 5.94. The van der Waals surface area contributed by atoms with E-state index in [9.17, 15) is 0 Å². The van der Waals surface area contributed by atoms with E-state index in [4.69, 9.17) is 23.2 Å². The van der Waals surface area contributed by atoms with E-state index in [1.54, 1.807) is 0 Å². The van der Waals surface area contributed by atoms with Crippen LogP contribution in [0.3, 0.4) is 0 Å². The van der Waals surface area contributed by atoms with Crippen molar-refractivity contribution in [1.29, 1.82) is 0 Å². The Bertz CT molecular complexity index is 1000. The van der Waals surface area contributed by atoms with Crippen molar-refractivity contribution in [3.8, 4) is 0 Å². The summed E-state index contributed by atoms with van der Waals surface area (Å²) < 4.78 is 0. The first kappa shape index (κ1) is 22.3. The Hall–Kier alpha value is -2.86. The second kappa shape index (κ2) is 11.1. The molecule has 0 aliphatic carbocycles. The minimum Gasteiger partial charge on any atom is -0.278 e. The summed E-state index contributed by atoms with van der Waals surface area (Å²) in [6.07, 6.45) is 7.27. The molecular formula is C25H23Cl2N5. The number of alkyl halides is 2. The van der Waals surface area contributed by atoms with Gasteiger partial charge in [-0.15, -0.1) is 23.2 Å². The molecule has 0 aliphatic rings. The third-order valence-electron chi connectivity index (χ3n) is 5.11. The highest BCUT2D eigenvalue weighted by atomic mass is 35.5. The van der Waals surface area contributed by atoms with Gasteiger partial charge in [-0.05, 0) is 47.5 Å². The molecule has 0 aromatic carbocycles. The summed E-state index contributed by atoms with van der Waals surface area (Å²) >= 11 is 11.9. The van der Waals surface area contributed by atoms with Crippen molar-refractivity contribution < 1.29 is 0 Å². The van der Waals surface area contributed by atoms with Crippen LogP contribution in [0.25, 0.3) is 0 Å². The summed E-state index contributed by atoms with van der Waals surface area (Å²) in [5.74, 6) is 0.886. The number of hydrogen-bond donors (Lipinski definition) is 0. The highest BCUT2D eigenvalue weighted by Gasteiger charge is 2.26. The van der Waals surface area contributed by atoms with E-state index in [2.05, 4.69) is 24.8 Å². The Morgan fingerprint density at radius 1 is 0.625 bits per heavy atom. The van der Waals surface area contributed by atoms with Crippen molar-refractivity contribution >= 4 is 23.2 Å². The van der Waals surface area contributed by atoms with Crippen molar-refractivity contribution in [3.05, 3.63) is 119 Å². The van der Waals surface area contributed by atoms with Crippen LogP contribution in [0, 0.1) is 0 Å². The second-order valence-electron chi connectivity index (χ2n) is 7.40. The molecule has 0 fully saturated rings. The van der Waals surface area contributed by atoms with Gasteiger partial charge in [0.05, 0.1) is 28.8 Å². The molecular weight excluding hydrogens is 441 g/mol. The lowest BCUT2D eigenvalue weighted by atomic mass is 10.0. The highest BCUT2D eigenvalue weighted by molar-refractivity contribution is 6.17. The molecule has 162 valence electrons. The predicted molar refractivity (Wildman–Crippen MR) is 127 cm³/mol. The lowest BCUT2D eigenvalue weighted by Crippen LogP contribution is -2.31. The first-order chi connectivity index (χ1) is 15.8. The predicted octanol–water partition coefficient (Wildman–Crippen LogP) is 5.54. The zero-order valence-corrected chi connectivity index (χ0v) is 19.0. The van der Waals surface area contributed by atoms with Gasteiger partial charge in [0.25, 0.3) is 0 Å². The van der Waals surface area contributed by atoms with Gasteiger partial charge in [-0.25, -0.2) is 0 Å². The SMILES string of the molecule is ClCc1ccc(CN(Cc2ccc(CCl)cn2)C(c2ccccn2)c2ccccn2)nc1. The molecule has 7 heteroatoms. The van der Waals surface area contributed by atoms with Gasteiger partial charge >= 0.3 is 0 Å². The topological polar surface area (TPSA) is 54.8 Å². The van der Waals surface area contributed by atoms with Crippen LogP contribution in [0.1, 0.15) is 39.9 Å².